The van der Waals surface area contributed by atoms with E-state index in [-0.39, 0.29) is 30.6 Å². The van der Waals surface area contributed by atoms with Crippen molar-refractivity contribution in [1.82, 2.24) is 24.9 Å². The second-order valence-corrected chi connectivity index (χ2v) is 13.3. The molecule has 0 aromatic heterocycles. The molecule has 2 fully saturated rings. The van der Waals surface area contributed by atoms with Crippen molar-refractivity contribution < 1.29 is 14.4 Å². The van der Waals surface area contributed by atoms with Crippen molar-refractivity contribution in [3.05, 3.63) is 88.6 Å². The highest BCUT2D eigenvalue weighted by atomic mass is 16.2. The number of benzene rings is 2. The van der Waals surface area contributed by atoms with Crippen LogP contribution in [0.2, 0.25) is 0 Å². The number of nitrogens with one attached hydrogen (secondary N) is 2. The number of aryl methyl sites for hydroxylation is 2. The maximum atomic E-state index is 12.9. The van der Waals surface area contributed by atoms with Crippen LogP contribution in [0.4, 0.5) is 15.3 Å². The monoisotopic (exact) mass is 638 g/mol. The number of urea groups is 2. The molecule has 2 saturated heterocycles. The molecule has 0 atom stereocenters. The first kappa shape index (κ1) is 32.8. The van der Waals surface area contributed by atoms with E-state index in [2.05, 4.69) is 65.8 Å². The van der Waals surface area contributed by atoms with Gasteiger partial charge in [-0.25, -0.2) is 9.59 Å². The van der Waals surface area contributed by atoms with E-state index in [1.807, 2.05) is 29.3 Å². The number of amides is 5. The summed E-state index contributed by atoms with van der Waals surface area (Å²) in [6, 6.07) is 14.7. The normalized spacial score (nSPS) is 19.6. The van der Waals surface area contributed by atoms with Gasteiger partial charge in [-0.1, -0.05) is 56.3 Å². The van der Waals surface area contributed by atoms with Gasteiger partial charge in [-0.05, 0) is 104 Å². The minimum Gasteiger partial charge on any atom is -0.329 e. The predicted octanol–water partition coefficient (Wildman–Crippen LogP) is 5.57. The highest BCUT2D eigenvalue weighted by Crippen LogP contribution is 2.29. The van der Waals surface area contributed by atoms with E-state index >= 15 is 0 Å². The number of carbonyl (C=O) groups is 3. The lowest BCUT2D eigenvalue weighted by atomic mass is 9.87. The van der Waals surface area contributed by atoms with Gasteiger partial charge in [0.2, 0.25) is 5.91 Å². The Hall–Kier alpha value is -4.11. The van der Waals surface area contributed by atoms with Crippen molar-refractivity contribution in [2.24, 2.45) is 5.92 Å². The lowest BCUT2D eigenvalue weighted by Gasteiger charge is -2.38. The lowest BCUT2D eigenvalue weighted by Crippen LogP contribution is -2.52. The van der Waals surface area contributed by atoms with Crippen molar-refractivity contribution in [2.45, 2.75) is 71.4 Å². The maximum absolute atomic E-state index is 12.9. The quantitative estimate of drug-likeness (QED) is 0.396. The molecule has 2 N–H and O–H groups in total. The van der Waals surface area contributed by atoms with Crippen LogP contribution in [-0.2, 0) is 30.6 Å². The summed E-state index contributed by atoms with van der Waals surface area (Å²) in [7, 11) is 0. The SMILES string of the molecule is CCc1ccc(CN2CCC(C3=CCN(C(=O)CNC(=O)N4CCC(N5CCc6ccccc6NC5=O)CC4)C=C3)CC2)cc1CC. The van der Waals surface area contributed by atoms with E-state index in [0.717, 1.165) is 75.8 Å². The number of likely N-dealkylation sites (tertiary alicyclic amines) is 2. The summed E-state index contributed by atoms with van der Waals surface area (Å²) in [5.41, 5.74) is 7.70. The molecule has 9 heteroatoms. The zero-order valence-corrected chi connectivity index (χ0v) is 28.0. The Labute approximate surface area is 279 Å². The smallest absolute Gasteiger partial charge is 0.322 e. The maximum Gasteiger partial charge on any atom is 0.322 e. The molecule has 2 aromatic rings. The topological polar surface area (TPSA) is 88.2 Å². The Morgan fingerprint density at radius 1 is 0.915 bits per heavy atom. The van der Waals surface area contributed by atoms with Gasteiger partial charge in [0.15, 0.2) is 0 Å². The van der Waals surface area contributed by atoms with Gasteiger partial charge in [-0.3, -0.25) is 9.69 Å². The van der Waals surface area contributed by atoms with Crippen molar-refractivity contribution in [2.75, 3.05) is 51.1 Å². The van der Waals surface area contributed by atoms with Crippen molar-refractivity contribution in [3.8, 4) is 0 Å². The summed E-state index contributed by atoms with van der Waals surface area (Å²) >= 11 is 0. The average molecular weight is 639 g/mol. The molecule has 250 valence electrons. The van der Waals surface area contributed by atoms with Gasteiger partial charge < -0.3 is 25.3 Å². The fourth-order valence-electron chi connectivity index (χ4n) is 7.61. The van der Waals surface area contributed by atoms with E-state index in [0.29, 0.717) is 32.1 Å². The Bertz CT molecular complexity index is 1500. The molecule has 4 aliphatic heterocycles. The third-order valence-corrected chi connectivity index (χ3v) is 10.5. The first-order chi connectivity index (χ1) is 22.9. The Morgan fingerprint density at radius 2 is 1.68 bits per heavy atom. The first-order valence-corrected chi connectivity index (χ1v) is 17.6. The second-order valence-electron chi connectivity index (χ2n) is 13.3. The number of nitrogens with zero attached hydrogens (tertiary/aromatic N) is 4. The van der Waals surface area contributed by atoms with E-state index in [4.69, 9.17) is 0 Å². The van der Waals surface area contributed by atoms with Crippen LogP contribution in [0.25, 0.3) is 0 Å². The first-order valence-electron chi connectivity index (χ1n) is 17.6. The van der Waals surface area contributed by atoms with Crippen LogP contribution in [0.15, 0.2) is 66.4 Å². The molecule has 0 saturated carbocycles. The van der Waals surface area contributed by atoms with Gasteiger partial charge in [0.05, 0.1) is 6.54 Å². The Morgan fingerprint density at radius 3 is 2.40 bits per heavy atom. The molecule has 9 nitrogen and oxygen atoms in total. The number of allylic oxidation sites excluding steroid dienone is 2. The van der Waals surface area contributed by atoms with Crippen LogP contribution < -0.4 is 10.6 Å². The Kier molecular flexibility index (Phi) is 10.6. The zero-order valence-electron chi connectivity index (χ0n) is 28.0. The van der Waals surface area contributed by atoms with Gasteiger partial charge >= 0.3 is 12.1 Å². The minimum absolute atomic E-state index is 0.0313. The minimum atomic E-state index is -0.222. The molecule has 47 heavy (non-hydrogen) atoms. The number of carbonyl (C=O) groups excluding carboxylic acids is 3. The van der Waals surface area contributed by atoms with Gasteiger partial charge in [0.25, 0.3) is 0 Å². The van der Waals surface area contributed by atoms with Crippen molar-refractivity contribution in [3.63, 3.8) is 0 Å². The molecule has 4 aliphatic rings. The molecule has 2 aromatic carbocycles. The van der Waals surface area contributed by atoms with Crippen molar-refractivity contribution in [1.29, 1.82) is 0 Å². The molecule has 0 unspecified atom stereocenters. The van der Waals surface area contributed by atoms with Crippen LogP contribution in [-0.4, -0.2) is 89.4 Å². The summed E-state index contributed by atoms with van der Waals surface area (Å²) in [6.07, 6.45) is 12.8. The number of para-hydroxylation sites is 1. The molecular formula is C38H50N6O3. The number of hydrogen-bond acceptors (Lipinski definition) is 4. The largest absolute Gasteiger partial charge is 0.329 e. The summed E-state index contributed by atoms with van der Waals surface area (Å²) in [6.45, 7) is 9.93. The Balaban J connectivity index is 0.896. The van der Waals surface area contributed by atoms with Crippen LogP contribution in [0.3, 0.4) is 0 Å². The molecule has 0 bridgehead atoms. The fraction of sp³-hybridized carbons (Fsp3) is 0.500. The molecule has 0 radical (unpaired) electrons. The third-order valence-electron chi connectivity index (χ3n) is 10.5. The van der Waals surface area contributed by atoms with E-state index < -0.39 is 0 Å². The van der Waals surface area contributed by atoms with Crippen LogP contribution in [0.1, 0.15) is 61.8 Å². The van der Waals surface area contributed by atoms with E-state index in [9.17, 15) is 14.4 Å². The predicted molar refractivity (Wildman–Crippen MR) is 186 cm³/mol. The van der Waals surface area contributed by atoms with Gasteiger partial charge in [0.1, 0.15) is 0 Å². The van der Waals surface area contributed by atoms with E-state index in [1.165, 1.54) is 22.3 Å². The number of rotatable bonds is 8. The molecular weight excluding hydrogens is 588 g/mol. The molecule has 0 aliphatic carbocycles. The highest BCUT2D eigenvalue weighted by molar-refractivity contribution is 5.91. The van der Waals surface area contributed by atoms with Gasteiger partial charge in [-0.2, -0.15) is 0 Å². The zero-order chi connectivity index (χ0) is 32.8. The van der Waals surface area contributed by atoms with Gasteiger partial charge in [-0.15, -0.1) is 0 Å². The number of fused-ring (bicyclic) bond motifs is 1. The van der Waals surface area contributed by atoms with Crippen LogP contribution in [0.5, 0.6) is 0 Å². The van der Waals surface area contributed by atoms with Crippen LogP contribution >= 0.6 is 0 Å². The van der Waals surface area contributed by atoms with Crippen molar-refractivity contribution >= 4 is 23.7 Å². The van der Waals surface area contributed by atoms with Crippen LogP contribution in [0, 0.1) is 5.92 Å². The summed E-state index contributed by atoms with van der Waals surface area (Å²) in [4.78, 5) is 46.7. The average Bonchev–Trinajstić information content (AvgIpc) is 3.28. The molecule has 0 spiro atoms. The summed E-state index contributed by atoms with van der Waals surface area (Å²) in [5.74, 6) is 0.405. The summed E-state index contributed by atoms with van der Waals surface area (Å²) in [5, 5.41) is 5.88. The highest BCUT2D eigenvalue weighted by Gasteiger charge is 2.31. The standard InChI is InChI=1S/C38H50N6O3/c1-3-29-10-9-28(25-30(29)4-2)27-41-18-11-31(12-19-41)32-13-20-42(21-14-32)36(45)26-39-37(46)43-22-16-34(17-23-43)44-24-15-33-7-5-6-8-35(33)40-38(44)47/h5-10,13-14,20,25,31,34H,3-4,11-12,15-19,21-24,26-27H2,1-2H3,(H,39,46)(H,40,47). The molecule has 4 heterocycles. The van der Waals surface area contributed by atoms with Gasteiger partial charge in [0, 0.05) is 50.7 Å². The fourth-order valence-corrected chi connectivity index (χ4v) is 7.61. The summed E-state index contributed by atoms with van der Waals surface area (Å²) < 4.78 is 0. The lowest BCUT2D eigenvalue weighted by molar-refractivity contribution is -0.127. The molecule has 5 amide bonds. The number of anilines is 1. The third kappa shape index (κ3) is 7.89. The molecule has 6 rings (SSSR count). The second kappa shape index (κ2) is 15.2. The number of hydrogen-bond donors (Lipinski definition) is 2. The van der Waals surface area contributed by atoms with E-state index in [1.54, 1.807) is 9.80 Å². The number of piperidine rings is 2.